The van der Waals surface area contributed by atoms with Crippen LogP contribution >= 0.6 is 0 Å². The van der Waals surface area contributed by atoms with Gasteiger partial charge >= 0.3 is 0 Å². The first kappa shape index (κ1) is 19.6. The SMILES string of the molecule is COc1ccc2c3c([nH]c2c1)[C@H](CO)N(C)CC31CN(S(=O)(=O)c2cn(C)cn2)C1. The van der Waals surface area contributed by atoms with Crippen LogP contribution in [0.3, 0.4) is 0 Å². The summed E-state index contributed by atoms with van der Waals surface area (Å²) in [5, 5.41) is 11.1. The van der Waals surface area contributed by atoms with Gasteiger partial charge in [-0.2, -0.15) is 4.31 Å². The summed E-state index contributed by atoms with van der Waals surface area (Å²) in [5.74, 6) is 0.747. The molecule has 0 saturated carbocycles. The number of aliphatic hydroxyl groups is 1. The molecule has 3 aromatic rings. The standard InChI is InChI=1S/C20H25N5O4S/c1-23-7-17(21-12-23)30(27,28)25-10-20(11-25)9-24(2)16(8-26)19-18(20)14-5-4-13(29-3)6-15(14)22-19/h4-7,12,16,22,26H,8-11H2,1-3H3/t16-/m0/s1. The Labute approximate surface area is 174 Å². The molecule has 160 valence electrons. The van der Waals surface area contributed by atoms with E-state index in [9.17, 15) is 13.5 Å². The van der Waals surface area contributed by atoms with Crippen LogP contribution in [0.1, 0.15) is 17.3 Å². The number of hydrogen-bond donors (Lipinski definition) is 2. The van der Waals surface area contributed by atoms with Crippen LogP contribution in [0.15, 0.2) is 35.7 Å². The fourth-order valence-corrected chi connectivity index (χ4v) is 6.55. The molecule has 0 unspecified atom stereocenters. The van der Waals surface area contributed by atoms with Crippen molar-refractivity contribution in [2.24, 2.45) is 7.05 Å². The van der Waals surface area contributed by atoms with Gasteiger partial charge in [0.15, 0.2) is 5.03 Å². The van der Waals surface area contributed by atoms with Crippen LogP contribution in [0.2, 0.25) is 0 Å². The van der Waals surface area contributed by atoms with E-state index in [1.54, 1.807) is 18.7 Å². The molecule has 0 aliphatic carbocycles. The predicted molar refractivity (Wildman–Crippen MR) is 111 cm³/mol. The molecule has 1 aromatic carbocycles. The monoisotopic (exact) mass is 431 g/mol. The van der Waals surface area contributed by atoms with Gasteiger partial charge in [0.1, 0.15) is 5.75 Å². The van der Waals surface area contributed by atoms with E-state index >= 15 is 0 Å². The highest BCUT2D eigenvalue weighted by molar-refractivity contribution is 7.89. The maximum absolute atomic E-state index is 13.0. The van der Waals surface area contributed by atoms with Crippen LogP contribution in [-0.2, 0) is 22.5 Å². The Morgan fingerprint density at radius 2 is 2.07 bits per heavy atom. The van der Waals surface area contributed by atoms with Crippen molar-refractivity contribution in [1.82, 2.24) is 23.7 Å². The van der Waals surface area contributed by atoms with E-state index in [2.05, 4.69) is 14.9 Å². The van der Waals surface area contributed by atoms with Gasteiger partial charge in [0, 0.05) is 61.0 Å². The normalized spacial score (nSPS) is 21.7. The fourth-order valence-electron chi connectivity index (χ4n) is 4.97. The number of sulfonamides is 1. The summed E-state index contributed by atoms with van der Waals surface area (Å²) in [6.07, 6.45) is 3.02. The molecule has 1 saturated heterocycles. The highest BCUT2D eigenvalue weighted by atomic mass is 32.2. The van der Waals surface area contributed by atoms with Crippen molar-refractivity contribution in [1.29, 1.82) is 0 Å². The Morgan fingerprint density at radius 1 is 1.30 bits per heavy atom. The fraction of sp³-hybridized carbons (Fsp3) is 0.450. The number of nitrogens with zero attached hydrogens (tertiary/aromatic N) is 4. The Hall–Kier alpha value is -2.40. The zero-order chi connectivity index (χ0) is 21.3. The largest absolute Gasteiger partial charge is 0.497 e. The van der Waals surface area contributed by atoms with Crippen molar-refractivity contribution >= 4 is 20.9 Å². The average Bonchev–Trinajstić information content (AvgIpc) is 3.29. The van der Waals surface area contributed by atoms with Gasteiger partial charge in [-0.3, -0.25) is 4.90 Å². The number of aryl methyl sites for hydroxylation is 1. The minimum atomic E-state index is -3.64. The number of aliphatic hydroxyl groups excluding tert-OH is 1. The van der Waals surface area contributed by atoms with Crippen LogP contribution in [0.25, 0.3) is 10.9 Å². The molecule has 0 bridgehead atoms. The number of hydrogen-bond acceptors (Lipinski definition) is 6. The van der Waals surface area contributed by atoms with Crippen LogP contribution < -0.4 is 4.74 Å². The Morgan fingerprint density at radius 3 is 2.70 bits per heavy atom. The van der Waals surface area contributed by atoms with Gasteiger partial charge in [0.05, 0.1) is 26.1 Å². The number of ether oxygens (including phenoxy) is 1. The molecule has 5 rings (SSSR count). The quantitative estimate of drug-likeness (QED) is 0.634. The minimum Gasteiger partial charge on any atom is -0.497 e. The molecule has 2 aliphatic rings. The minimum absolute atomic E-state index is 0.0144. The van der Waals surface area contributed by atoms with Gasteiger partial charge in [0.25, 0.3) is 10.0 Å². The third-order valence-corrected chi connectivity index (χ3v) is 8.08. The molecule has 30 heavy (non-hydrogen) atoms. The van der Waals surface area contributed by atoms with E-state index in [0.29, 0.717) is 19.6 Å². The number of H-pyrrole nitrogens is 1. The average molecular weight is 432 g/mol. The molecule has 4 heterocycles. The van der Waals surface area contributed by atoms with Gasteiger partial charge in [-0.05, 0) is 24.7 Å². The number of nitrogens with one attached hydrogen (secondary N) is 1. The maximum Gasteiger partial charge on any atom is 0.262 e. The number of imidazole rings is 1. The Bertz CT molecular complexity index is 1230. The molecule has 2 aliphatic heterocycles. The Kier molecular flexibility index (Phi) is 4.27. The highest BCUT2D eigenvalue weighted by Gasteiger charge is 2.55. The van der Waals surface area contributed by atoms with Gasteiger partial charge in [0.2, 0.25) is 0 Å². The van der Waals surface area contributed by atoms with Crippen molar-refractivity contribution in [3.8, 4) is 5.75 Å². The number of benzene rings is 1. The van der Waals surface area contributed by atoms with Crippen LogP contribution in [0.4, 0.5) is 0 Å². The van der Waals surface area contributed by atoms with Gasteiger partial charge in [-0.25, -0.2) is 13.4 Å². The first-order valence-corrected chi connectivity index (χ1v) is 11.2. The number of aromatic nitrogens is 3. The topological polar surface area (TPSA) is 104 Å². The van der Waals surface area contributed by atoms with Crippen LogP contribution in [-0.4, -0.2) is 77.7 Å². The van der Waals surface area contributed by atoms with Gasteiger partial charge in [-0.15, -0.1) is 0 Å². The molecule has 2 N–H and O–H groups in total. The van der Waals surface area contributed by atoms with E-state index < -0.39 is 10.0 Å². The third-order valence-electron chi connectivity index (χ3n) is 6.40. The number of aromatic amines is 1. The summed E-state index contributed by atoms with van der Waals surface area (Å²) in [6.45, 7) is 1.40. The summed E-state index contributed by atoms with van der Waals surface area (Å²) in [5.41, 5.74) is 2.64. The first-order valence-electron chi connectivity index (χ1n) is 9.78. The first-order chi connectivity index (χ1) is 14.3. The lowest BCUT2D eigenvalue weighted by molar-refractivity contribution is 0.0466. The van der Waals surface area contributed by atoms with E-state index in [1.807, 2.05) is 25.2 Å². The van der Waals surface area contributed by atoms with E-state index in [4.69, 9.17) is 4.74 Å². The van der Waals surface area contributed by atoms with E-state index in [1.165, 1.54) is 16.8 Å². The van der Waals surface area contributed by atoms with E-state index in [0.717, 1.165) is 27.9 Å². The second-order valence-electron chi connectivity index (χ2n) is 8.37. The summed E-state index contributed by atoms with van der Waals surface area (Å²) in [4.78, 5) is 9.60. The van der Waals surface area contributed by atoms with Crippen molar-refractivity contribution < 1.29 is 18.3 Å². The summed E-state index contributed by atoms with van der Waals surface area (Å²) >= 11 is 0. The Balaban J connectivity index is 1.58. The number of methoxy groups -OCH3 is 1. The summed E-state index contributed by atoms with van der Waals surface area (Å²) < 4.78 is 34.5. The lowest BCUT2D eigenvalue weighted by Crippen LogP contribution is -2.67. The maximum atomic E-state index is 13.0. The highest BCUT2D eigenvalue weighted by Crippen LogP contribution is 2.49. The third kappa shape index (κ3) is 2.64. The van der Waals surface area contributed by atoms with Crippen molar-refractivity contribution in [3.63, 3.8) is 0 Å². The second kappa shape index (κ2) is 6.55. The molecular formula is C20H25N5O4S. The summed E-state index contributed by atoms with van der Waals surface area (Å²) in [6, 6.07) is 5.71. The number of fused-ring (bicyclic) bond motifs is 4. The van der Waals surface area contributed by atoms with Crippen LogP contribution in [0, 0.1) is 0 Å². The smallest absolute Gasteiger partial charge is 0.262 e. The van der Waals surface area contributed by atoms with Crippen molar-refractivity contribution in [2.45, 2.75) is 16.5 Å². The number of rotatable bonds is 4. The molecule has 10 heteroatoms. The predicted octanol–water partition coefficient (Wildman–Crippen LogP) is 0.831. The van der Waals surface area contributed by atoms with Gasteiger partial charge in [-0.1, -0.05) is 0 Å². The molecule has 1 atom stereocenters. The summed E-state index contributed by atoms with van der Waals surface area (Å²) in [7, 11) is 1.70. The lowest BCUT2D eigenvalue weighted by Gasteiger charge is -2.54. The molecule has 9 nitrogen and oxygen atoms in total. The zero-order valence-corrected chi connectivity index (χ0v) is 18.0. The molecular weight excluding hydrogens is 406 g/mol. The van der Waals surface area contributed by atoms with Crippen molar-refractivity contribution in [2.75, 3.05) is 40.4 Å². The van der Waals surface area contributed by atoms with E-state index in [-0.39, 0.29) is 23.1 Å². The zero-order valence-electron chi connectivity index (χ0n) is 17.2. The molecule has 1 fully saturated rings. The van der Waals surface area contributed by atoms with Crippen LogP contribution in [0.5, 0.6) is 5.75 Å². The molecule has 2 aromatic heterocycles. The molecule has 1 spiro atoms. The molecule has 0 amide bonds. The second-order valence-corrected chi connectivity index (χ2v) is 10.3. The lowest BCUT2D eigenvalue weighted by atomic mass is 9.70. The van der Waals surface area contributed by atoms with Gasteiger partial charge < -0.3 is 19.4 Å². The molecule has 0 radical (unpaired) electrons. The number of likely N-dealkylation sites (N-methyl/N-ethyl adjacent to an activating group) is 1. The van der Waals surface area contributed by atoms with Crippen molar-refractivity contribution in [3.05, 3.63) is 42.0 Å².